The summed E-state index contributed by atoms with van der Waals surface area (Å²) in [6.07, 6.45) is 0. The number of hydrogen-bond donors (Lipinski definition) is 2. The second-order valence-electron chi connectivity index (χ2n) is 1.78. The molecule has 0 aromatic rings. The van der Waals surface area contributed by atoms with E-state index in [4.69, 9.17) is 0 Å². The van der Waals surface area contributed by atoms with E-state index < -0.39 is 5.03 Å². The molecular weight excluding hydrogens is 124 g/mol. The van der Waals surface area contributed by atoms with Crippen LogP contribution in [0.15, 0.2) is 0 Å². The number of nitrogens with zero attached hydrogens (tertiary/aromatic N) is 2. The molecule has 0 aliphatic carbocycles. The molecule has 1 heterocycles. The van der Waals surface area contributed by atoms with Gasteiger partial charge in [0, 0.05) is 13.1 Å². The van der Waals surface area contributed by atoms with Crippen molar-refractivity contribution in [1.82, 2.24) is 15.9 Å². The third-order valence-electron chi connectivity index (χ3n) is 1.08. The van der Waals surface area contributed by atoms with Gasteiger partial charge in [-0.2, -0.15) is 5.01 Å². The van der Waals surface area contributed by atoms with Crippen molar-refractivity contribution in [3.05, 3.63) is 10.1 Å². The lowest BCUT2D eigenvalue weighted by Gasteiger charge is -2.06. The molecule has 0 aromatic carbocycles. The van der Waals surface area contributed by atoms with Crippen LogP contribution in [0.1, 0.15) is 0 Å². The fourth-order valence-corrected chi connectivity index (χ4v) is 0.708. The van der Waals surface area contributed by atoms with Crippen molar-refractivity contribution in [2.24, 2.45) is 0 Å². The summed E-state index contributed by atoms with van der Waals surface area (Å²) >= 11 is 0. The van der Waals surface area contributed by atoms with Crippen molar-refractivity contribution in [2.45, 2.75) is 0 Å². The fraction of sp³-hybridized carbons (Fsp3) is 1.00. The lowest BCUT2D eigenvalue weighted by Crippen LogP contribution is -2.40. The quantitative estimate of drug-likeness (QED) is 0.355. The molecular formula is C3H8N4O2. The Bertz CT molecular complexity index is 110. The van der Waals surface area contributed by atoms with Gasteiger partial charge in [0.1, 0.15) is 0 Å². The molecule has 9 heavy (non-hydrogen) atoms. The first-order valence-corrected chi connectivity index (χ1v) is 2.65. The maximum absolute atomic E-state index is 9.78. The molecule has 1 aliphatic heterocycles. The monoisotopic (exact) mass is 132 g/mol. The normalized spacial score (nSPS) is 20.0. The predicted molar refractivity (Wildman–Crippen MR) is 29.7 cm³/mol. The van der Waals surface area contributed by atoms with Crippen molar-refractivity contribution in [3.63, 3.8) is 0 Å². The molecule has 6 nitrogen and oxygen atoms in total. The third kappa shape index (κ3) is 1.82. The van der Waals surface area contributed by atoms with Crippen LogP contribution in [-0.2, 0) is 0 Å². The Balaban J connectivity index is 2.19. The van der Waals surface area contributed by atoms with Crippen LogP contribution in [0, 0.1) is 10.1 Å². The molecule has 0 spiro atoms. The van der Waals surface area contributed by atoms with Gasteiger partial charge in [0.05, 0.1) is 6.67 Å². The first-order valence-electron chi connectivity index (χ1n) is 2.65. The molecule has 0 saturated carbocycles. The summed E-state index contributed by atoms with van der Waals surface area (Å²) < 4.78 is 0. The molecule has 1 rings (SSSR count). The zero-order chi connectivity index (χ0) is 6.69. The largest absolute Gasteiger partial charge is 0.301 e. The van der Waals surface area contributed by atoms with E-state index in [1.54, 1.807) is 0 Å². The first kappa shape index (κ1) is 6.24. The van der Waals surface area contributed by atoms with E-state index in [2.05, 4.69) is 5.32 Å². The molecule has 6 heteroatoms. The van der Waals surface area contributed by atoms with Gasteiger partial charge in [-0.1, -0.05) is 5.53 Å². The van der Waals surface area contributed by atoms with Crippen LogP contribution in [0.4, 0.5) is 0 Å². The van der Waals surface area contributed by atoms with Crippen LogP contribution in [0.5, 0.6) is 0 Å². The second kappa shape index (κ2) is 2.60. The van der Waals surface area contributed by atoms with Crippen LogP contribution in [-0.4, -0.2) is 29.8 Å². The van der Waals surface area contributed by atoms with Gasteiger partial charge >= 0.3 is 0 Å². The van der Waals surface area contributed by atoms with Crippen LogP contribution in [0.25, 0.3) is 0 Å². The summed E-state index contributed by atoms with van der Waals surface area (Å²) in [4.78, 5) is 9.78. The standard InChI is InChI=1S/C3H8N4O2/c8-7(9)5-6-2-1-4-3-6/h4-5H,1-3H2. The van der Waals surface area contributed by atoms with Crippen molar-refractivity contribution in [1.29, 1.82) is 0 Å². The zero-order valence-corrected chi connectivity index (χ0v) is 4.83. The van der Waals surface area contributed by atoms with E-state index in [1.165, 1.54) is 5.01 Å². The third-order valence-corrected chi connectivity index (χ3v) is 1.08. The molecule has 1 saturated heterocycles. The highest BCUT2D eigenvalue weighted by Gasteiger charge is 2.13. The molecule has 0 bridgehead atoms. The average Bonchev–Trinajstić information content (AvgIpc) is 2.15. The highest BCUT2D eigenvalue weighted by Crippen LogP contribution is 1.84. The Morgan fingerprint density at radius 1 is 1.78 bits per heavy atom. The van der Waals surface area contributed by atoms with Crippen LogP contribution >= 0.6 is 0 Å². The summed E-state index contributed by atoms with van der Waals surface area (Å²) in [6.45, 7) is 2.03. The maximum atomic E-state index is 9.78. The molecule has 0 radical (unpaired) electrons. The fourth-order valence-electron chi connectivity index (χ4n) is 0.708. The summed E-state index contributed by atoms with van der Waals surface area (Å²) in [5, 5.41) is 13.7. The average molecular weight is 132 g/mol. The van der Waals surface area contributed by atoms with Crippen LogP contribution < -0.4 is 10.9 Å². The number of nitro groups is 1. The minimum atomic E-state index is -0.562. The molecule has 0 atom stereocenters. The van der Waals surface area contributed by atoms with Gasteiger partial charge < -0.3 is 5.32 Å². The van der Waals surface area contributed by atoms with Crippen molar-refractivity contribution in [3.8, 4) is 0 Å². The Morgan fingerprint density at radius 3 is 3.00 bits per heavy atom. The Labute approximate surface area is 51.9 Å². The van der Waals surface area contributed by atoms with Crippen molar-refractivity contribution >= 4 is 0 Å². The minimum Gasteiger partial charge on any atom is -0.301 e. The molecule has 0 aromatic heterocycles. The number of hydrogen-bond acceptors (Lipinski definition) is 4. The molecule has 0 unspecified atom stereocenters. The molecule has 1 aliphatic rings. The smallest absolute Gasteiger partial charge is 0.174 e. The highest BCUT2D eigenvalue weighted by molar-refractivity contribution is 4.57. The molecule has 1 fully saturated rings. The van der Waals surface area contributed by atoms with E-state index >= 15 is 0 Å². The maximum Gasteiger partial charge on any atom is 0.174 e. The Hall–Kier alpha value is -0.880. The molecule has 52 valence electrons. The zero-order valence-electron chi connectivity index (χ0n) is 4.83. The first-order chi connectivity index (χ1) is 4.29. The van der Waals surface area contributed by atoms with Crippen LogP contribution in [0.2, 0.25) is 0 Å². The van der Waals surface area contributed by atoms with Gasteiger partial charge in [-0.25, -0.2) is 10.1 Å². The van der Waals surface area contributed by atoms with Gasteiger partial charge in [0.25, 0.3) is 0 Å². The second-order valence-corrected chi connectivity index (χ2v) is 1.78. The summed E-state index contributed by atoms with van der Waals surface area (Å²) in [5.74, 6) is 0. The number of nitrogens with one attached hydrogen (secondary N) is 2. The molecule has 2 N–H and O–H groups in total. The number of hydrazine groups is 2. The lowest BCUT2D eigenvalue weighted by molar-refractivity contribution is -0.577. The van der Waals surface area contributed by atoms with E-state index in [-0.39, 0.29) is 0 Å². The van der Waals surface area contributed by atoms with Crippen molar-refractivity contribution < 1.29 is 5.03 Å². The molecule has 0 amide bonds. The predicted octanol–water partition coefficient (Wildman–Crippen LogP) is -1.45. The van der Waals surface area contributed by atoms with E-state index in [0.29, 0.717) is 13.2 Å². The van der Waals surface area contributed by atoms with Crippen LogP contribution in [0.3, 0.4) is 0 Å². The number of rotatable bonds is 2. The Morgan fingerprint density at radius 2 is 2.56 bits per heavy atom. The summed E-state index contributed by atoms with van der Waals surface area (Å²) in [6, 6.07) is 0. The van der Waals surface area contributed by atoms with Gasteiger partial charge in [-0.15, -0.1) is 0 Å². The minimum absolute atomic E-state index is 0.543. The lowest BCUT2D eigenvalue weighted by atomic mass is 10.7. The van der Waals surface area contributed by atoms with Gasteiger partial charge in [-0.3, -0.25) is 0 Å². The van der Waals surface area contributed by atoms with E-state index in [9.17, 15) is 10.1 Å². The van der Waals surface area contributed by atoms with E-state index in [0.717, 1.165) is 6.54 Å². The Kier molecular flexibility index (Phi) is 1.81. The van der Waals surface area contributed by atoms with E-state index in [1.807, 2.05) is 5.53 Å². The van der Waals surface area contributed by atoms with Gasteiger partial charge in [-0.05, 0) is 0 Å². The van der Waals surface area contributed by atoms with Gasteiger partial charge in [0.15, 0.2) is 5.03 Å². The summed E-state index contributed by atoms with van der Waals surface area (Å²) in [5.41, 5.74) is 2.03. The van der Waals surface area contributed by atoms with Gasteiger partial charge in [0.2, 0.25) is 0 Å². The SMILES string of the molecule is O=[N+]([O-])NN1CCNC1. The summed E-state index contributed by atoms with van der Waals surface area (Å²) in [7, 11) is 0. The topological polar surface area (TPSA) is 70.4 Å². The van der Waals surface area contributed by atoms with Crippen molar-refractivity contribution in [2.75, 3.05) is 19.8 Å². The highest BCUT2D eigenvalue weighted by atomic mass is 16.7.